The summed E-state index contributed by atoms with van der Waals surface area (Å²) in [6, 6.07) is 11.3. The Bertz CT molecular complexity index is 1120. The zero-order chi connectivity index (χ0) is 22.7. The summed E-state index contributed by atoms with van der Waals surface area (Å²) in [4.78, 5) is 53.2. The first-order chi connectivity index (χ1) is 15.5. The van der Waals surface area contributed by atoms with Crippen LogP contribution in [-0.4, -0.2) is 41.2 Å². The highest BCUT2D eigenvalue weighted by Crippen LogP contribution is 2.28. The fourth-order valence-electron chi connectivity index (χ4n) is 3.53. The maximum atomic E-state index is 13.2. The van der Waals surface area contributed by atoms with E-state index in [0.717, 1.165) is 4.90 Å². The molecule has 0 radical (unpaired) electrons. The molecule has 3 aromatic rings. The number of ether oxygens (including phenoxy) is 1. The van der Waals surface area contributed by atoms with E-state index in [4.69, 9.17) is 13.6 Å². The quantitative estimate of drug-likeness (QED) is 0.413. The van der Waals surface area contributed by atoms with Crippen LogP contribution in [0.25, 0.3) is 0 Å². The Labute approximate surface area is 183 Å². The molecule has 4 rings (SSSR count). The maximum Gasteiger partial charge on any atom is 0.338 e. The average Bonchev–Trinajstić information content (AvgIpc) is 3.55. The third-order valence-electron chi connectivity index (χ3n) is 5.03. The Balaban J connectivity index is 1.60. The van der Waals surface area contributed by atoms with Gasteiger partial charge in [0.2, 0.25) is 5.91 Å². The monoisotopic (exact) mass is 436 g/mol. The molecule has 0 aliphatic carbocycles. The molecule has 1 aromatic carbocycles. The fraction of sp³-hybridized carbons (Fsp3) is 0.217. The minimum Gasteiger partial charge on any atom is -0.467 e. The lowest BCUT2D eigenvalue weighted by molar-refractivity contribution is -0.122. The number of benzene rings is 1. The highest BCUT2D eigenvalue weighted by atomic mass is 16.5. The molecule has 0 bridgehead atoms. The summed E-state index contributed by atoms with van der Waals surface area (Å²) in [5.41, 5.74) is 0.609. The molecular formula is C23H20N2O7. The van der Waals surface area contributed by atoms with Crippen LogP contribution < -0.4 is 4.90 Å². The molecule has 3 heterocycles. The third kappa shape index (κ3) is 4.04. The van der Waals surface area contributed by atoms with Crippen molar-refractivity contribution in [1.29, 1.82) is 0 Å². The lowest BCUT2D eigenvalue weighted by Crippen LogP contribution is -2.45. The molecule has 32 heavy (non-hydrogen) atoms. The van der Waals surface area contributed by atoms with Crippen molar-refractivity contribution in [3.8, 4) is 0 Å². The first-order valence-electron chi connectivity index (χ1n) is 10.0. The van der Waals surface area contributed by atoms with E-state index < -0.39 is 29.7 Å². The number of hydrogen-bond donors (Lipinski definition) is 0. The largest absolute Gasteiger partial charge is 0.467 e. The van der Waals surface area contributed by atoms with Crippen molar-refractivity contribution in [2.24, 2.45) is 0 Å². The van der Waals surface area contributed by atoms with Crippen molar-refractivity contribution in [3.63, 3.8) is 0 Å². The topological polar surface area (TPSA) is 110 Å². The molecule has 3 amide bonds. The minimum atomic E-state index is -1.03. The number of esters is 1. The van der Waals surface area contributed by atoms with Gasteiger partial charge in [0.25, 0.3) is 11.8 Å². The molecule has 1 saturated heterocycles. The van der Waals surface area contributed by atoms with Gasteiger partial charge in [-0.2, -0.15) is 0 Å². The Morgan fingerprint density at radius 2 is 1.78 bits per heavy atom. The summed E-state index contributed by atoms with van der Waals surface area (Å²) < 4.78 is 15.5. The summed E-state index contributed by atoms with van der Waals surface area (Å²) >= 11 is 0. The molecule has 1 aliphatic heterocycles. The van der Waals surface area contributed by atoms with Crippen molar-refractivity contribution >= 4 is 29.4 Å². The second-order valence-electron chi connectivity index (χ2n) is 7.04. The molecule has 1 aliphatic rings. The summed E-state index contributed by atoms with van der Waals surface area (Å²) in [6.07, 6.45) is 2.63. The normalized spacial score (nSPS) is 15.8. The molecule has 0 saturated carbocycles. The van der Waals surface area contributed by atoms with Gasteiger partial charge in [0.1, 0.15) is 11.8 Å². The second-order valence-corrected chi connectivity index (χ2v) is 7.04. The van der Waals surface area contributed by atoms with Gasteiger partial charge < -0.3 is 18.5 Å². The summed E-state index contributed by atoms with van der Waals surface area (Å²) in [7, 11) is 0. The van der Waals surface area contributed by atoms with Gasteiger partial charge in [-0.3, -0.25) is 14.4 Å². The van der Waals surface area contributed by atoms with Gasteiger partial charge in [-0.25, -0.2) is 9.69 Å². The van der Waals surface area contributed by atoms with Crippen LogP contribution in [0.1, 0.15) is 40.0 Å². The lowest BCUT2D eigenvalue weighted by Gasteiger charge is -2.26. The Morgan fingerprint density at radius 1 is 1.06 bits per heavy atom. The van der Waals surface area contributed by atoms with Gasteiger partial charge in [-0.1, -0.05) is 0 Å². The van der Waals surface area contributed by atoms with Crippen LogP contribution >= 0.6 is 0 Å². The Kier molecular flexibility index (Phi) is 5.89. The smallest absolute Gasteiger partial charge is 0.338 e. The summed E-state index contributed by atoms with van der Waals surface area (Å²) in [5.74, 6) is -1.52. The maximum absolute atomic E-state index is 13.2. The number of amides is 3. The molecule has 164 valence electrons. The van der Waals surface area contributed by atoms with Crippen LogP contribution in [0, 0.1) is 0 Å². The number of rotatable bonds is 7. The molecule has 2 aromatic heterocycles. The predicted octanol–water partition coefficient (Wildman–Crippen LogP) is 3.02. The molecule has 0 N–H and O–H groups in total. The van der Waals surface area contributed by atoms with E-state index in [-0.39, 0.29) is 25.3 Å². The highest BCUT2D eigenvalue weighted by Gasteiger charge is 2.45. The molecule has 1 atom stereocenters. The van der Waals surface area contributed by atoms with Crippen molar-refractivity contribution in [2.45, 2.75) is 25.9 Å². The predicted molar refractivity (Wildman–Crippen MR) is 111 cm³/mol. The minimum absolute atomic E-state index is 0.00808. The van der Waals surface area contributed by atoms with E-state index in [0.29, 0.717) is 17.0 Å². The van der Waals surface area contributed by atoms with E-state index >= 15 is 0 Å². The van der Waals surface area contributed by atoms with Gasteiger partial charge in [-0.05, 0) is 55.5 Å². The number of hydrogen-bond acceptors (Lipinski definition) is 7. The average molecular weight is 436 g/mol. The van der Waals surface area contributed by atoms with Crippen LogP contribution in [0.5, 0.6) is 0 Å². The van der Waals surface area contributed by atoms with Gasteiger partial charge in [0.15, 0.2) is 5.76 Å². The van der Waals surface area contributed by atoms with Crippen LogP contribution in [0.3, 0.4) is 0 Å². The Morgan fingerprint density at radius 3 is 2.41 bits per heavy atom. The van der Waals surface area contributed by atoms with E-state index in [2.05, 4.69) is 0 Å². The van der Waals surface area contributed by atoms with E-state index in [9.17, 15) is 19.2 Å². The van der Waals surface area contributed by atoms with E-state index in [1.165, 1.54) is 47.8 Å². The number of nitrogens with zero attached hydrogens (tertiary/aromatic N) is 2. The molecule has 1 unspecified atom stereocenters. The van der Waals surface area contributed by atoms with Gasteiger partial charge >= 0.3 is 5.97 Å². The van der Waals surface area contributed by atoms with Crippen LogP contribution in [0.4, 0.5) is 5.69 Å². The number of anilines is 1. The number of imide groups is 1. The second kappa shape index (κ2) is 8.93. The Hall–Kier alpha value is -4.14. The molecule has 9 heteroatoms. The first kappa shape index (κ1) is 21.1. The lowest BCUT2D eigenvalue weighted by atomic mass is 10.1. The van der Waals surface area contributed by atoms with Crippen molar-refractivity contribution in [3.05, 3.63) is 78.1 Å². The standard InChI is InChI=1S/C23H20N2O7/c1-2-30-23(29)15-7-9-16(10-8-15)25-20(26)13-18(21(25)27)24(14-17-5-3-11-31-17)22(28)19-6-4-12-32-19/h3-12,18H,2,13-14H2,1H3. The zero-order valence-corrected chi connectivity index (χ0v) is 17.2. The fourth-order valence-corrected chi connectivity index (χ4v) is 3.53. The zero-order valence-electron chi connectivity index (χ0n) is 17.2. The van der Waals surface area contributed by atoms with Crippen LogP contribution in [0.2, 0.25) is 0 Å². The van der Waals surface area contributed by atoms with Crippen LogP contribution in [-0.2, 0) is 20.9 Å². The van der Waals surface area contributed by atoms with Crippen LogP contribution in [0.15, 0.2) is 69.9 Å². The SMILES string of the molecule is CCOC(=O)c1ccc(N2C(=O)CC(N(Cc3ccco3)C(=O)c3ccco3)C2=O)cc1. The molecule has 0 spiro atoms. The first-order valence-corrected chi connectivity index (χ1v) is 10.0. The third-order valence-corrected chi connectivity index (χ3v) is 5.03. The van der Waals surface area contributed by atoms with Gasteiger partial charge in [0, 0.05) is 0 Å². The highest BCUT2D eigenvalue weighted by molar-refractivity contribution is 6.23. The summed E-state index contributed by atoms with van der Waals surface area (Å²) in [6.45, 7) is 1.93. The molecule has 1 fully saturated rings. The van der Waals surface area contributed by atoms with E-state index in [1.807, 2.05) is 0 Å². The summed E-state index contributed by atoms with van der Waals surface area (Å²) in [5, 5.41) is 0. The van der Waals surface area contributed by atoms with Gasteiger partial charge in [0.05, 0.1) is 43.3 Å². The van der Waals surface area contributed by atoms with Crippen molar-refractivity contribution < 1.29 is 32.7 Å². The van der Waals surface area contributed by atoms with E-state index in [1.54, 1.807) is 25.1 Å². The van der Waals surface area contributed by atoms with Gasteiger partial charge in [-0.15, -0.1) is 0 Å². The van der Waals surface area contributed by atoms with Crippen molar-refractivity contribution in [2.75, 3.05) is 11.5 Å². The van der Waals surface area contributed by atoms with Crippen molar-refractivity contribution in [1.82, 2.24) is 4.90 Å². The number of furan rings is 2. The molecule has 9 nitrogen and oxygen atoms in total. The number of carbonyl (C=O) groups is 4. The number of carbonyl (C=O) groups excluding carboxylic acids is 4. The molecular weight excluding hydrogens is 416 g/mol.